The van der Waals surface area contributed by atoms with Crippen molar-refractivity contribution in [1.82, 2.24) is 0 Å². The summed E-state index contributed by atoms with van der Waals surface area (Å²) in [7, 11) is 0. The molecule has 0 spiro atoms. The highest BCUT2D eigenvalue weighted by Gasteiger charge is 1.87. The molecule has 0 aliphatic heterocycles. The third-order valence-corrected chi connectivity index (χ3v) is 1.88. The zero-order valence-corrected chi connectivity index (χ0v) is 8.54. The number of hydrogen-bond donors (Lipinski definition) is 0. The van der Waals surface area contributed by atoms with Crippen LogP contribution < -0.4 is 0 Å². The highest BCUT2D eigenvalue weighted by atomic mass is 16.1. The van der Waals surface area contributed by atoms with Gasteiger partial charge in [-0.15, -0.1) is 0 Å². The summed E-state index contributed by atoms with van der Waals surface area (Å²) in [6, 6.07) is 0. The maximum Gasteiger partial charge on any atom is 0.119 e. The van der Waals surface area contributed by atoms with Gasteiger partial charge in [-0.2, -0.15) is 0 Å². The van der Waals surface area contributed by atoms with Gasteiger partial charge >= 0.3 is 0 Å². The largest absolute Gasteiger partial charge is 0.303 e. The molecule has 0 aromatic carbocycles. The van der Waals surface area contributed by atoms with Crippen LogP contribution in [0.1, 0.15) is 45.4 Å². The lowest BCUT2D eigenvalue weighted by Crippen LogP contribution is -1.78. The maximum atomic E-state index is 9.99. The van der Waals surface area contributed by atoms with Crippen LogP contribution in [-0.2, 0) is 4.79 Å². The Morgan fingerprint density at radius 1 is 0.923 bits per heavy atom. The lowest BCUT2D eigenvalue weighted by atomic mass is 10.1. The molecule has 0 aliphatic rings. The Morgan fingerprint density at radius 3 is 2.23 bits per heavy atom. The second-order valence-electron chi connectivity index (χ2n) is 3.11. The van der Waals surface area contributed by atoms with Crippen molar-refractivity contribution < 1.29 is 4.79 Å². The van der Waals surface area contributed by atoms with Gasteiger partial charge in [0, 0.05) is 6.42 Å². The number of hydrogen-bond acceptors (Lipinski definition) is 1. The zero-order chi connectivity index (χ0) is 9.78. The van der Waals surface area contributed by atoms with Crippen LogP contribution in [0.4, 0.5) is 0 Å². The molecule has 1 nitrogen and oxygen atoms in total. The van der Waals surface area contributed by atoms with E-state index in [1.165, 1.54) is 19.3 Å². The van der Waals surface area contributed by atoms with E-state index in [1.54, 1.807) is 0 Å². The van der Waals surface area contributed by atoms with Gasteiger partial charge in [-0.25, -0.2) is 0 Å². The van der Waals surface area contributed by atoms with E-state index in [0.717, 1.165) is 25.5 Å². The first-order valence-electron chi connectivity index (χ1n) is 5.13. The van der Waals surface area contributed by atoms with E-state index < -0.39 is 0 Å². The molecule has 13 heavy (non-hydrogen) atoms. The molecule has 0 saturated heterocycles. The van der Waals surface area contributed by atoms with Crippen LogP contribution in [0.15, 0.2) is 24.3 Å². The van der Waals surface area contributed by atoms with Crippen LogP contribution in [0, 0.1) is 0 Å². The molecule has 0 N–H and O–H groups in total. The van der Waals surface area contributed by atoms with E-state index in [4.69, 9.17) is 0 Å². The van der Waals surface area contributed by atoms with Crippen LogP contribution >= 0.6 is 0 Å². The van der Waals surface area contributed by atoms with E-state index in [1.807, 2.05) is 19.1 Å². The Bertz CT molecular complexity index is 157. The average molecular weight is 180 g/mol. The molecule has 0 saturated carbocycles. The fraction of sp³-hybridized carbons (Fsp3) is 0.583. The Kier molecular flexibility index (Phi) is 10.4. The molecule has 0 amide bonds. The highest BCUT2D eigenvalue weighted by Crippen LogP contribution is 2.04. The minimum atomic E-state index is 0.731. The Labute approximate surface area is 81.5 Å². The maximum absolute atomic E-state index is 9.99. The summed E-state index contributed by atoms with van der Waals surface area (Å²) >= 11 is 0. The lowest BCUT2D eigenvalue weighted by molar-refractivity contribution is -0.107. The Hall–Kier alpha value is -0.850. The molecule has 0 fully saturated rings. The molecule has 0 aromatic rings. The topological polar surface area (TPSA) is 17.1 Å². The first kappa shape index (κ1) is 12.2. The number of carbonyl (C=O) groups excluding carboxylic acids is 1. The minimum Gasteiger partial charge on any atom is -0.303 e. The zero-order valence-electron chi connectivity index (χ0n) is 8.54. The third-order valence-electron chi connectivity index (χ3n) is 1.88. The molecule has 0 radical (unpaired) electrons. The molecule has 0 aromatic heterocycles. The third kappa shape index (κ3) is 11.1. The molecule has 0 rings (SSSR count). The van der Waals surface area contributed by atoms with Crippen LogP contribution in [0.3, 0.4) is 0 Å². The first-order chi connectivity index (χ1) is 6.41. The molecule has 0 bridgehead atoms. The van der Waals surface area contributed by atoms with E-state index in [9.17, 15) is 4.79 Å². The average Bonchev–Trinajstić information content (AvgIpc) is 2.16. The molecule has 0 atom stereocenters. The molecule has 74 valence electrons. The quantitative estimate of drug-likeness (QED) is 0.316. The fourth-order valence-corrected chi connectivity index (χ4v) is 1.13. The first-order valence-corrected chi connectivity index (χ1v) is 5.13. The van der Waals surface area contributed by atoms with Crippen molar-refractivity contribution in [2.45, 2.75) is 45.4 Å². The van der Waals surface area contributed by atoms with Crippen LogP contribution in [0.5, 0.6) is 0 Å². The van der Waals surface area contributed by atoms with Gasteiger partial charge in [-0.1, -0.05) is 37.1 Å². The number of carbonyl (C=O) groups is 1. The Morgan fingerprint density at radius 2 is 1.62 bits per heavy atom. The van der Waals surface area contributed by atoms with Gasteiger partial charge in [0.15, 0.2) is 0 Å². The second kappa shape index (κ2) is 11.2. The summed E-state index contributed by atoms with van der Waals surface area (Å²) < 4.78 is 0. The van der Waals surface area contributed by atoms with E-state index in [0.29, 0.717) is 0 Å². The van der Waals surface area contributed by atoms with E-state index in [2.05, 4.69) is 12.2 Å². The Balaban J connectivity index is 3.03. The van der Waals surface area contributed by atoms with Crippen LogP contribution in [0.2, 0.25) is 0 Å². The van der Waals surface area contributed by atoms with E-state index >= 15 is 0 Å². The molecule has 1 heteroatoms. The van der Waals surface area contributed by atoms with Crippen molar-refractivity contribution in [3.63, 3.8) is 0 Å². The van der Waals surface area contributed by atoms with Gasteiger partial charge < -0.3 is 4.79 Å². The predicted octanol–water partition coefficient (Wildman–Crippen LogP) is 3.66. The highest BCUT2D eigenvalue weighted by molar-refractivity contribution is 5.48. The van der Waals surface area contributed by atoms with Gasteiger partial charge in [-0.05, 0) is 26.2 Å². The van der Waals surface area contributed by atoms with Gasteiger partial charge in [0.25, 0.3) is 0 Å². The standard InChI is InChI=1S/C12H20O/c1-2-3-4-5-6-7-8-9-10-11-12-13/h2-5,12H,6-11H2,1H3. The lowest BCUT2D eigenvalue weighted by Gasteiger charge is -1.94. The number of allylic oxidation sites excluding steroid dienone is 4. The van der Waals surface area contributed by atoms with E-state index in [-0.39, 0.29) is 0 Å². The number of aldehydes is 1. The summed E-state index contributed by atoms with van der Waals surface area (Å²) in [6.07, 6.45) is 16.0. The monoisotopic (exact) mass is 180 g/mol. The van der Waals surface area contributed by atoms with Crippen molar-refractivity contribution in [3.05, 3.63) is 24.3 Å². The van der Waals surface area contributed by atoms with Crippen molar-refractivity contribution in [3.8, 4) is 0 Å². The normalized spacial score (nSPS) is 11.5. The van der Waals surface area contributed by atoms with Crippen LogP contribution in [-0.4, -0.2) is 6.29 Å². The number of rotatable bonds is 8. The van der Waals surface area contributed by atoms with Gasteiger partial charge in [0.05, 0.1) is 0 Å². The van der Waals surface area contributed by atoms with Crippen molar-refractivity contribution in [2.24, 2.45) is 0 Å². The molecular weight excluding hydrogens is 160 g/mol. The van der Waals surface area contributed by atoms with Gasteiger partial charge in [0.1, 0.15) is 6.29 Å². The molecule has 0 heterocycles. The summed E-state index contributed by atoms with van der Waals surface area (Å²) in [5.41, 5.74) is 0. The summed E-state index contributed by atoms with van der Waals surface area (Å²) in [5.74, 6) is 0. The van der Waals surface area contributed by atoms with Crippen molar-refractivity contribution >= 4 is 6.29 Å². The summed E-state index contributed by atoms with van der Waals surface area (Å²) in [6.45, 7) is 2.02. The molecule has 0 aliphatic carbocycles. The van der Waals surface area contributed by atoms with Gasteiger partial charge in [-0.3, -0.25) is 0 Å². The smallest absolute Gasteiger partial charge is 0.119 e. The molecule has 0 unspecified atom stereocenters. The minimum absolute atomic E-state index is 0.731. The second-order valence-corrected chi connectivity index (χ2v) is 3.11. The molecular formula is C12H20O. The van der Waals surface area contributed by atoms with Crippen molar-refractivity contribution in [1.29, 1.82) is 0 Å². The van der Waals surface area contributed by atoms with Gasteiger partial charge in [0.2, 0.25) is 0 Å². The SMILES string of the molecule is CC=CC=CCCCCCCC=O. The summed E-state index contributed by atoms with van der Waals surface area (Å²) in [4.78, 5) is 9.99. The fourth-order valence-electron chi connectivity index (χ4n) is 1.13. The van der Waals surface area contributed by atoms with Crippen molar-refractivity contribution in [2.75, 3.05) is 0 Å². The van der Waals surface area contributed by atoms with Crippen LogP contribution in [0.25, 0.3) is 0 Å². The summed E-state index contributed by atoms with van der Waals surface area (Å²) in [5, 5.41) is 0. The number of unbranched alkanes of at least 4 members (excludes halogenated alkanes) is 5. The predicted molar refractivity (Wildman–Crippen MR) is 57.7 cm³/mol.